The summed E-state index contributed by atoms with van der Waals surface area (Å²) in [7, 11) is -3.67. The van der Waals surface area contributed by atoms with Crippen molar-refractivity contribution in [3.05, 3.63) is 11.5 Å². The number of nitrogens with zero attached hydrogens (tertiary/aromatic N) is 3. The minimum absolute atomic E-state index is 0.130. The summed E-state index contributed by atoms with van der Waals surface area (Å²) in [4.78, 5) is 13.8. The van der Waals surface area contributed by atoms with Crippen LogP contribution in [-0.4, -0.2) is 67.1 Å². The minimum atomic E-state index is -3.67. The summed E-state index contributed by atoms with van der Waals surface area (Å²) in [5.74, 6) is 0.437. The highest BCUT2D eigenvalue weighted by atomic mass is 32.2. The molecule has 0 aromatic carbocycles. The molecule has 0 unspecified atom stereocenters. The molecule has 8 nitrogen and oxygen atoms in total. The number of carbonyl (C=O) groups excluding carboxylic acids is 1. The fraction of sp³-hybridized carbons (Fsp3) is 0.750. The van der Waals surface area contributed by atoms with E-state index in [1.807, 2.05) is 11.8 Å². The fourth-order valence-corrected chi connectivity index (χ4v) is 5.47. The van der Waals surface area contributed by atoms with Gasteiger partial charge >= 0.3 is 0 Å². The van der Waals surface area contributed by atoms with Crippen LogP contribution in [0.4, 0.5) is 0 Å². The predicted molar refractivity (Wildman–Crippen MR) is 89.5 cm³/mol. The molecule has 1 aromatic heterocycles. The molecule has 2 saturated heterocycles. The first-order valence-electron chi connectivity index (χ1n) is 8.64. The lowest BCUT2D eigenvalue weighted by Gasteiger charge is -2.46. The van der Waals surface area contributed by atoms with Gasteiger partial charge in [-0.15, -0.1) is 0 Å². The maximum atomic E-state index is 13.0. The summed E-state index contributed by atoms with van der Waals surface area (Å²) in [5, 5.41) is 3.76. The molecule has 0 N–H and O–H groups in total. The molecule has 2 fully saturated rings. The third kappa shape index (κ3) is 3.32. The number of amides is 1. The van der Waals surface area contributed by atoms with E-state index in [0.29, 0.717) is 63.5 Å². The minimum Gasteiger partial charge on any atom is -0.372 e. The quantitative estimate of drug-likeness (QED) is 0.789. The molecule has 2 aliphatic heterocycles. The van der Waals surface area contributed by atoms with Crippen molar-refractivity contribution in [1.82, 2.24) is 14.4 Å². The maximum absolute atomic E-state index is 13.0. The van der Waals surface area contributed by atoms with E-state index in [1.54, 1.807) is 13.8 Å². The molecule has 140 valence electrons. The second-order valence-electron chi connectivity index (χ2n) is 6.76. The number of aromatic nitrogens is 1. The summed E-state index contributed by atoms with van der Waals surface area (Å²) in [6.45, 7) is 7.26. The van der Waals surface area contributed by atoms with Crippen molar-refractivity contribution < 1.29 is 22.5 Å². The largest absolute Gasteiger partial charge is 0.372 e. The average Bonchev–Trinajstić information content (AvgIpc) is 2.94. The van der Waals surface area contributed by atoms with E-state index >= 15 is 0 Å². The van der Waals surface area contributed by atoms with E-state index in [1.165, 1.54) is 4.31 Å². The molecule has 1 amide bonds. The van der Waals surface area contributed by atoms with E-state index in [9.17, 15) is 13.2 Å². The molecule has 3 heterocycles. The second-order valence-corrected chi connectivity index (χ2v) is 8.63. The molecule has 0 bridgehead atoms. The average molecular weight is 371 g/mol. The first kappa shape index (κ1) is 18.3. The van der Waals surface area contributed by atoms with E-state index in [4.69, 9.17) is 9.26 Å². The maximum Gasteiger partial charge on any atom is 0.248 e. The Kier molecular flexibility index (Phi) is 4.91. The number of ether oxygens (including phenoxy) is 1. The highest BCUT2D eigenvalue weighted by Gasteiger charge is 2.44. The van der Waals surface area contributed by atoms with Gasteiger partial charge in [0.05, 0.1) is 12.2 Å². The topological polar surface area (TPSA) is 93.0 Å². The second kappa shape index (κ2) is 6.69. The van der Waals surface area contributed by atoms with Gasteiger partial charge in [-0.1, -0.05) is 12.1 Å². The van der Waals surface area contributed by atoms with Crippen molar-refractivity contribution in [1.29, 1.82) is 0 Å². The lowest BCUT2D eigenvalue weighted by atomic mass is 9.90. The normalized spacial score (nSPS) is 21.6. The van der Waals surface area contributed by atoms with Gasteiger partial charge in [-0.3, -0.25) is 4.79 Å². The van der Waals surface area contributed by atoms with E-state index in [0.717, 1.165) is 0 Å². The molecule has 1 spiro atoms. The third-order valence-electron chi connectivity index (χ3n) is 5.11. The Bertz CT molecular complexity index is 730. The van der Waals surface area contributed by atoms with Gasteiger partial charge in [0.25, 0.3) is 0 Å². The lowest BCUT2D eigenvalue weighted by Crippen LogP contribution is -2.58. The fourth-order valence-electron chi connectivity index (χ4n) is 3.68. The number of rotatable bonds is 3. The van der Waals surface area contributed by atoms with Gasteiger partial charge in [-0.05, 0) is 26.7 Å². The van der Waals surface area contributed by atoms with Gasteiger partial charge < -0.3 is 14.2 Å². The molecule has 3 rings (SSSR count). The smallest absolute Gasteiger partial charge is 0.248 e. The van der Waals surface area contributed by atoms with Crippen LogP contribution in [0.5, 0.6) is 0 Å². The van der Waals surface area contributed by atoms with Crippen LogP contribution in [0.2, 0.25) is 0 Å². The molecule has 0 saturated carbocycles. The lowest BCUT2D eigenvalue weighted by molar-refractivity contribution is -0.144. The Morgan fingerprint density at radius 1 is 1.24 bits per heavy atom. The van der Waals surface area contributed by atoms with E-state index in [2.05, 4.69) is 5.16 Å². The molecule has 1 aromatic rings. The summed E-state index contributed by atoms with van der Waals surface area (Å²) in [6.07, 6.45) is 1.78. The number of likely N-dealkylation sites (tertiary alicyclic amines) is 1. The summed E-state index contributed by atoms with van der Waals surface area (Å²) in [6, 6.07) is 0. The van der Waals surface area contributed by atoms with Crippen LogP contribution in [0.1, 0.15) is 37.6 Å². The highest BCUT2D eigenvalue weighted by molar-refractivity contribution is 7.89. The van der Waals surface area contributed by atoms with Gasteiger partial charge in [0.15, 0.2) is 5.76 Å². The number of hydrogen-bond acceptors (Lipinski definition) is 6. The van der Waals surface area contributed by atoms with Gasteiger partial charge in [-0.2, -0.15) is 4.31 Å². The van der Waals surface area contributed by atoms with Crippen molar-refractivity contribution in [3.63, 3.8) is 0 Å². The zero-order chi connectivity index (χ0) is 18.2. The predicted octanol–water partition coefficient (Wildman–Crippen LogP) is 1.08. The third-order valence-corrected chi connectivity index (χ3v) is 7.20. The molecule has 0 radical (unpaired) electrons. The Hall–Kier alpha value is -1.45. The van der Waals surface area contributed by atoms with Crippen LogP contribution in [0, 0.1) is 13.8 Å². The van der Waals surface area contributed by atoms with Crippen LogP contribution < -0.4 is 0 Å². The van der Waals surface area contributed by atoms with Crippen LogP contribution in [0.3, 0.4) is 0 Å². The molecular weight excluding hydrogens is 346 g/mol. The Labute approximate surface area is 148 Å². The molecular formula is C16H25N3O5S. The Morgan fingerprint density at radius 3 is 2.48 bits per heavy atom. The van der Waals surface area contributed by atoms with E-state index in [-0.39, 0.29) is 10.8 Å². The number of hydrogen-bond donors (Lipinski definition) is 0. The Balaban J connectivity index is 1.77. The number of sulfonamides is 1. The first-order chi connectivity index (χ1) is 11.8. The highest BCUT2D eigenvalue weighted by Crippen LogP contribution is 2.33. The van der Waals surface area contributed by atoms with Crippen LogP contribution >= 0.6 is 0 Å². The monoisotopic (exact) mass is 371 g/mol. The van der Waals surface area contributed by atoms with E-state index < -0.39 is 15.6 Å². The van der Waals surface area contributed by atoms with Gasteiger partial charge in [-0.25, -0.2) is 8.42 Å². The SMILES string of the molecule is CCC(=O)N1CCC2(CC1)CN(S(=O)(=O)c1c(C)noc1C)CCO2. The van der Waals surface area contributed by atoms with Crippen LogP contribution in [0.25, 0.3) is 0 Å². The zero-order valence-electron chi connectivity index (χ0n) is 14.9. The van der Waals surface area contributed by atoms with Crippen molar-refractivity contribution in [2.24, 2.45) is 0 Å². The van der Waals surface area contributed by atoms with Crippen molar-refractivity contribution in [3.8, 4) is 0 Å². The van der Waals surface area contributed by atoms with Crippen LogP contribution in [-0.2, 0) is 19.6 Å². The van der Waals surface area contributed by atoms with Crippen LogP contribution in [0.15, 0.2) is 9.42 Å². The number of piperidine rings is 1. The molecule has 25 heavy (non-hydrogen) atoms. The molecule has 2 aliphatic rings. The van der Waals surface area contributed by atoms with Crippen molar-refractivity contribution in [2.75, 3.05) is 32.8 Å². The summed E-state index contributed by atoms with van der Waals surface area (Å²) >= 11 is 0. The van der Waals surface area contributed by atoms with Gasteiger partial charge in [0, 0.05) is 32.6 Å². The molecule has 9 heteroatoms. The summed E-state index contributed by atoms with van der Waals surface area (Å²) in [5.41, 5.74) is -0.143. The Morgan fingerprint density at radius 2 is 1.92 bits per heavy atom. The van der Waals surface area contributed by atoms with Gasteiger partial charge in [0.1, 0.15) is 10.6 Å². The first-order valence-corrected chi connectivity index (χ1v) is 10.1. The zero-order valence-corrected chi connectivity index (χ0v) is 15.8. The van der Waals surface area contributed by atoms with Crippen molar-refractivity contribution in [2.45, 2.75) is 50.5 Å². The van der Waals surface area contributed by atoms with Crippen molar-refractivity contribution >= 4 is 15.9 Å². The molecule has 0 aliphatic carbocycles. The number of aryl methyl sites for hydroxylation is 2. The standard InChI is InChI=1S/C16H25N3O5S/c1-4-14(20)18-7-5-16(6-8-18)11-19(9-10-23-16)25(21,22)15-12(2)17-24-13(15)3/h4-11H2,1-3H3. The number of morpholine rings is 1. The van der Waals surface area contributed by atoms with Gasteiger partial charge in [0.2, 0.25) is 15.9 Å². The number of carbonyl (C=O) groups is 1. The molecule has 0 atom stereocenters. The summed E-state index contributed by atoms with van der Waals surface area (Å²) < 4.78 is 38.6.